The van der Waals surface area contributed by atoms with Gasteiger partial charge in [0.2, 0.25) is 12.7 Å². The Morgan fingerprint density at radius 3 is 2.38 bits per heavy atom. The van der Waals surface area contributed by atoms with Crippen LogP contribution in [0.15, 0.2) is 102 Å². The fourth-order valence-corrected chi connectivity index (χ4v) is 5.30. The first kappa shape index (κ1) is 31.0. The maximum absolute atomic E-state index is 13.6. The van der Waals surface area contributed by atoms with E-state index in [1.165, 1.54) is 32.1 Å². The zero-order chi connectivity index (χ0) is 31.8. The van der Waals surface area contributed by atoms with Gasteiger partial charge in [-0.2, -0.15) is 0 Å². The van der Waals surface area contributed by atoms with E-state index in [9.17, 15) is 14.4 Å². The van der Waals surface area contributed by atoms with Crippen LogP contribution >= 0.6 is 11.8 Å². The molecule has 0 spiro atoms. The SMILES string of the molecule is COc1ccc(OC)c(/C=C(/NC(=O)c2ccccc2)C(=O)Nc2cccc(SC(C)C(=O)Nc3ccc4c(c3)OCO4)c2)c1. The van der Waals surface area contributed by atoms with Crippen molar-refractivity contribution in [1.29, 1.82) is 0 Å². The number of carbonyl (C=O) groups is 3. The standard InChI is InChI=1S/C34H31N3O7S/c1-21(32(38)35-25-12-14-30-31(19-25)44-20-43-30)45-27-11-7-10-24(18-27)36-34(40)28(37-33(39)22-8-5-4-6-9-22)17-23-16-26(41-2)13-15-29(23)42-3/h4-19,21H,20H2,1-3H3,(H,35,38)(H,36,40)(H,37,39)/b28-17+. The van der Waals surface area contributed by atoms with Crippen LogP contribution in [-0.4, -0.2) is 44.0 Å². The van der Waals surface area contributed by atoms with Crippen LogP contribution in [0.5, 0.6) is 23.0 Å². The Hall–Kier alpha value is -5.42. The number of amides is 3. The van der Waals surface area contributed by atoms with Gasteiger partial charge in [0.1, 0.15) is 17.2 Å². The Kier molecular flexibility index (Phi) is 9.90. The summed E-state index contributed by atoms with van der Waals surface area (Å²) in [6.07, 6.45) is 1.53. The Balaban J connectivity index is 1.32. The molecule has 0 aromatic heterocycles. The second-order valence-corrected chi connectivity index (χ2v) is 11.2. The number of anilines is 2. The molecule has 0 radical (unpaired) electrons. The number of fused-ring (bicyclic) bond motifs is 1. The van der Waals surface area contributed by atoms with E-state index in [2.05, 4.69) is 16.0 Å². The minimum Gasteiger partial charge on any atom is -0.497 e. The largest absolute Gasteiger partial charge is 0.497 e. The van der Waals surface area contributed by atoms with E-state index >= 15 is 0 Å². The highest BCUT2D eigenvalue weighted by Crippen LogP contribution is 2.35. The normalized spacial score (nSPS) is 12.6. The van der Waals surface area contributed by atoms with Gasteiger partial charge in [0, 0.05) is 33.5 Å². The summed E-state index contributed by atoms with van der Waals surface area (Å²) in [6.45, 7) is 1.94. The third kappa shape index (κ3) is 7.95. The monoisotopic (exact) mass is 625 g/mol. The molecule has 0 saturated carbocycles. The number of hydrogen-bond acceptors (Lipinski definition) is 8. The van der Waals surface area contributed by atoms with Gasteiger partial charge in [0.25, 0.3) is 11.8 Å². The van der Waals surface area contributed by atoms with Crippen LogP contribution in [0.4, 0.5) is 11.4 Å². The predicted molar refractivity (Wildman–Crippen MR) is 173 cm³/mol. The molecule has 0 saturated heterocycles. The van der Waals surface area contributed by atoms with E-state index in [1.54, 1.807) is 91.9 Å². The highest BCUT2D eigenvalue weighted by atomic mass is 32.2. The van der Waals surface area contributed by atoms with Crippen LogP contribution in [0.2, 0.25) is 0 Å². The van der Waals surface area contributed by atoms with Gasteiger partial charge >= 0.3 is 0 Å². The first-order chi connectivity index (χ1) is 21.8. The molecule has 0 bridgehead atoms. The summed E-state index contributed by atoms with van der Waals surface area (Å²) < 4.78 is 21.5. The maximum Gasteiger partial charge on any atom is 0.272 e. The van der Waals surface area contributed by atoms with Crippen LogP contribution < -0.4 is 34.9 Å². The molecule has 230 valence electrons. The van der Waals surface area contributed by atoms with Gasteiger partial charge in [0.05, 0.1) is 19.5 Å². The van der Waals surface area contributed by atoms with E-state index < -0.39 is 17.1 Å². The average molecular weight is 626 g/mol. The number of methoxy groups -OCH3 is 2. The third-order valence-corrected chi connectivity index (χ3v) is 7.77. The first-order valence-electron chi connectivity index (χ1n) is 13.9. The van der Waals surface area contributed by atoms with Gasteiger partial charge in [-0.15, -0.1) is 11.8 Å². The number of thioether (sulfide) groups is 1. The molecular formula is C34H31N3O7S. The molecule has 5 rings (SSSR count). The van der Waals surface area contributed by atoms with Crippen molar-refractivity contribution < 1.29 is 33.3 Å². The number of rotatable bonds is 11. The lowest BCUT2D eigenvalue weighted by atomic mass is 10.1. The zero-order valence-corrected chi connectivity index (χ0v) is 25.6. The van der Waals surface area contributed by atoms with E-state index in [-0.39, 0.29) is 18.4 Å². The summed E-state index contributed by atoms with van der Waals surface area (Å²) >= 11 is 1.33. The van der Waals surface area contributed by atoms with E-state index in [0.29, 0.717) is 45.5 Å². The topological polar surface area (TPSA) is 124 Å². The van der Waals surface area contributed by atoms with Gasteiger partial charge in [-0.1, -0.05) is 24.3 Å². The Bertz CT molecular complexity index is 1740. The molecule has 0 fully saturated rings. The van der Waals surface area contributed by atoms with Crippen molar-refractivity contribution in [1.82, 2.24) is 5.32 Å². The van der Waals surface area contributed by atoms with Crippen molar-refractivity contribution in [2.75, 3.05) is 31.6 Å². The molecule has 1 unspecified atom stereocenters. The van der Waals surface area contributed by atoms with Crippen molar-refractivity contribution in [3.8, 4) is 23.0 Å². The molecule has 3 N–H and O–H groups in total. The van der Waals surface area contributed by atoms with E-state index in [1.807, 2.05) is 6.07 Å². The molecule has 0 aliphatic carbocycles. The average Bonchev–Trinajstić information content (AvgIpc) is 3.53. The lowest BCUT2D eigenvalue weighted by Gasteiger charge is -2.15. The molecule has 11 heteroatoms. The van der Waals surface area contributed by atoms with Crippen molar-refractivity contribution in [3.63, 3.8) is 0 Å². The van der Waals surface area contributed by atoms with Crippen LogP contribution in [0.25, 0.3) is 6.08 Å². The quantitative estimate of drug-likeness (QED) is 0.138. The van der Waals surface area contributed by atoms with Crippen molar-refractivity contribution in [2.45, 2.75) is 17.1 Å². The van der Waals surface area contributed by atoms with Gasteiger partial charge < -0.3 is 34.9 Å². The highest BCUT2D eigenvalue weighted by molar-refractivity contribution is 8.00. The third-order valence-electron chi connectivity index (χ3n) is 6.68. The van der Waals surface area contributed by atoms with Crippen molar-refractivity contribution in [3.05, 3.63) is 108 Å². The number of carbonyl (C=O) groups excluding carboxylic acids is 3. The Morgan fingerprint density at radius 2 is 1.60 bits per heavy atom. The summed E-state index contributed by atoms with van der Waals surface area (Å²) in [5.41, 5.74) is 1.99. The molecule has 4 aromatic rings. The molecule has 1 atom stereocenters. The van der Waals surface area contributed by atoms with Crippen LogP contribution in [0, 0.1) is 0 Å². The van der Waals surface area contributed by atoms with Gasteiger partial charge in [-0.25, -0.2) is 0 Å². The number of hydrogen-bond donors (Lipinski definition) is 3. The minimum atomic E-state index is -0.556. The van der Waals surface area contributed by atoms with Crippen molar-refractivity contribution >= 4 is 46.9 Å². The molecule has 3 amide bonds. The summed E-state index contributed by atoms with van der Waals surface area (Å²) in [6, 6.07) is 26.1. The summed E-state index contributed by atoms with van der Waals surface area (Å²) in [4.78, 5) is 40.3. The lowest BCUT2D eigenvalue weighted by Crippen LogP contribution is -2.30. The lowest BCUT2D eigenvalue weighted by molar-refractivity contribution is -0.115. The molecule has 4 aromatic carbocycles. The number of ether oxygens (including phenoxy) is 4. The van der Waals surface area contributed by atoms with Crippen LogP contribution in [0.1, 0.15) is 22.8 Å². The molecule has 10 nitrogen and oxygen atoms in total. The van der Waals surface area contributed by atoms with Crippen molar-refractivity contribution in [2.24, 2.45) is 0 Å². The molecule has 1 aliphatic heterocycles. The first-order valence-corrected chi connectivity index (χ1v) is 14.8. The predicted octanol–water partition coefficient (Wildman–Crippen LogP) is 5.96. The fourth-order valence-electron chi connectivity index (χ4n) is 4.37. The second kappa shape index (κ2) is 14.4. The molecule has 1 aliphatic rings. The Morgan fingerprint density at radius 1 is 0.822 bits per heavy atom. The van der Waals surface area contributed by atoms with Gasteiger partial charge in [-0.05, 0) is 73.7 Å². The maximum atomic E-state index is 13.6. The van der Waals surface area contributed by atoms with Gasteiger partial charge in [-0.3, -0.25) is 14.4 Å². The molecule has 1 heterocycles. The van der Waals surface area contributed by atoms with E-state index in [4.69, 9.17) is 18.9 Å². The molecule has 45 heavy (non-hydrogen) atoms. The Labute approximate surface area is 264 Å². The zero-order valence-electron chi connectivity index (χ0n) is 24.8. The second-order valence-electron chi connectivity index (χ2n) is 9.79. The van der Waals surface area contributed by atoms with Gasteiger partial charge in [0.15, 0.2) is 11.5 Å². The smallest absolute Gasteiger partial charge is 0.272 e. The summed E-state index contributed by atoms with van der Waals surface area (Å²) in [5, 5.41) is 8.03. The number of benzene rings is 4. The van der Waals surface area contributed by atoms with E-state index in [0.717, 1.165) is 4.90 Å². The summed E-state index contributed by atoms with van der Waals surface area (Å²) in [5.74, 6) is 1.04. The van der Waals surface area contributed by atoms with Crippen LogP contribution in [-0.2, 0) is 9.59 Å². The number of nitrogens with one attached hydrogen (secondary N) is 3. The highest BCUT2D eigenvalue weighted by Gasteiger charge is 2.20. The summed E-state index contributed by atoms with van der Waals surface area (Å²) in [7, 11) is 3.05. The van der Waals surface area contributed by atoms with Crippen LogP contribution in [0.3, 0.4) is 0 Å². The molecular weight excluding hydrogens is 594 g/mol. The minimum absolute atomic E-state index is 0.00932. The fraction of sp³-hybridized carbons (Fsp3) is 0.147.